The van der Waals surface area contributed by atoms with Gasteiger partial charge >= 0.3 is 0 Å². The van der Waals surface area contributed by atoms with Crippen LogP contribution in [-0.4, -0.2) is 10.2 Å². The summed E-state index contributed by atoms with van der Waals surface area (Å²) in [4.78, 5) is 0. The van der Waals surface area contributed by atoms with Crippen molar-refractivity contribution in [2.24, 2.45) is 0 Å². The molecular formula is C9H14N2. The highest BCUT2D eigenvalue weighted by Gasteiger charge is 2.20. The molecule has 1 aliphatic rings. The Bertz CT molecular complexity index is 263. The highest BCUT2D eigenvalue weighted by Crippen LogP contribution is 2.31. The summed E-state index contributed by atoms with van der Waals surface area (Å²) < 4.78 is 0. The second-order valence-electron chi connectivity index (χ2n) is 3.50. The van der Waals surface area contributed by atoms with Gasteiger partial charge in [-0.1, -0.05) is 6.92 Å². The van der Waals surface area contributed by atoms with Crippen LogP contribution in [0.5, 0.6) is 0 Å². The Labute approximate surface area is 67.0 Å². The van der Waals surface area contributed by atoms with E-state index in [4.69, 9.17) is 0 Å². The average molecular weight is 150 g/mol. The maximum Gasteiger partial charge on any atom is 0.0659 e. The van der Waals surface area contributed by atoms with Crippen LogP contribution in [0.2, 0.25) is 0 Å². The summed E-state index contributed by atoms with van der Waals surface area (Å²) in [5, 5.41) is 7.34. The van der Waals surface area contributed by atoms with E-state index >= 15 is 0 Å². The number of rotatable bonds is 0. The molecule has 2 nitrogen and oxygen atoms in total. The second kappa shape index (κ2) is 2.36. The van der Waals surface area contributed by atoms with Crippen LogP contribution >= 0.6 is 0 Å². The lowest BCUT2D eigenvalue weighted by molar-refractivity contribution is 0.583. The van der Waals surface area contributed by atoms with Crippen molar-refractivity contribution in [1.29, 1.82) is 0 Å². The van der Waals surface area contributed by atoms with E-state index < -0.39 is 0 Å². The van der Waals surface area contributed by atoms with E-state index in [1.165, 1.54) is 36.2 Å². The Hall–Kier alpha value is -0.790. The molecule has 1 heterocycles. The number of hydrogen-bond donors (Lipinski definition) is 1. The SMILES string of the molecule is Cc1[nH]nc2c1C(C)CCC2. The van der Waals surface area contributed by atoms with E-state index in [1.54, 1.807) is 0 Å². The maximum atomic E-state index is 4.28. The number of aromatic nitrogens is 2. The van der Waals surface area contributed by atoms with Crippen molar-refractivity contribution < 1.29 is 0 Å². The fourth-order valence-corrected chi connectivity index (χ4v) is 2.05. The van der Waals surface area contributed by atoms with E-state index in [2.05, 4.69) is 24.0 Å². The van der Waals surface area contributed by atoms with Crippen molar-refractivity contribution in [3.05, 3.63) is 17.0 Å². The van der Waals surface area contributed by atoms with Gasteiger partial charge in [0.1, 0.15) is 0 Å². The van der Waals surface area contributed by atoms with E-state index in [0.717, 1.165) is 5.92 Å². The molecule has 1 aromatic rings. The van der Waals surface area contributed by atoms with Crippen molar-refractivity contribution in [1.82, 2.24) is 10.2 Å². The summed E-state index contributed by atoms with van der Waals surface area (Å²) in [7, 11) is 0. The highest BCUT2D eigenvalue weighted by atomic mass is 15.1. The number of nitrogens with one attached hydrogen (secondary N) is 1. The Morgan fingerprint density at radius 3 is 3.09 bits per heavy atom. The fourth-order valence-electron chi connectivity index (χ4n) is 2.05. The summed E-state index contributed by atoms with van der Waals surface area (Å²) in [6.07, 6.45) is 3.80. The molecule has 0 spiro atoms. The molecule has 2 rings (SSSR count). The first-order valence-electron chi connectivity index (χ1n) is 4.33. The number of aryl methyl sites for hydroxylation is 2. The smallest absolute Gasteiger partial charge is 0.0659 e. The minimum atomic E-state index is 0.720. The van der Waals surface area contributed by atoms with Crippen molar-refractivity contribution in [2.75, 3.05) is 0 Å². The third-order valence-electron chi connectivity index (χ3n) is 2.62. The molecule has 0 bridgehead atoms. The van der Waals surface area contributed by atoms with Gasteiger partial charge in [-0.2, -0.15) is 5.10 Å². The molecule has 0 saturated heterocycles. The van der Waals surface area contributed by atoms with Crippen LogP contribution < -0.4 is 0 Å². The molecule has 1 aliphatic carbocycles. The topological polar surface area (TPSA) is 28.7 Å². The first kappa shape index (κ1) is 6.89. The summed E-state index contributed by atoms with van der Waals surface area (Å²) in [6, 6.07) is 0. The van der Waals surface area contributed by atoms with Gasteiger partial charge in [0.2, 0.25) is 0 Å². The number of hydrogen-bond acceptors (Lipinski definition) is 1. The number of nitrogens with zero attached hydrogens (tertiary/aromatic N) is 1. The quantitative estimate of drug-likeness (QED) is 0.603. The lowest BCUT2D eigenvalue weighted by atomic mass is 9.87. The molecule has 1 N–H and O–H groups in total. The lowest BCUT2D eigenvalue weighted by Gasteiger charge is -2.17. The van der Waals surface area contributed by atoms with Crippen LogP contribution in [0.15, 0.2) is 0 Å². The Balaban J connectivity index is 2.48. The van der Waals surface area contributed by atoms with Crippen LogP contribution in [0.25, 0.3) is 0 Å². The third kappa shape index (κ3) is 0.971. The molecule has 1 unspecified atom stereocenters. The zero-order valence-electron chi connectivity index (χ0n) is 7.15. The number of H-pyrrole nitrogens is 1. The summed E-state index contributed by atoms with van der Waals surface area (Å²) in [5.41, 5.74) is 4.06. The van der Waals surface area contributed by atoms with Gasteiger partial charge < -0.3 is 0 Å². The first-order valence-corrected chi connectivity index (χ1v) is 4.33. The van der Waals surface area contributed by atoms with Crippen LogP contribution in [0.4, 0.5) is 0 Å². The molecule has 1 aromatic heterocycles. The van der Waals surface area contributed by atoms with Crippen LogP contribution in [0, 0.1) is 6.92 Å². The standard InChI is InChI=1S/C9H14N2/c1-6-4-3-5-8-9(6)7(2)10-11-8/h6H,3-5H2,1-2H3,(H,10,11). The Kier molecular flexibility index (Phi) is 1.48. The predicted octanol–water partition coefficient (Wildman–Crippen LogP) is 2.16. The van der Waals surface area contributed by atoms with Gasteiger partial charge in [0.25, 0.3) is 0 Å². The van der Waals surface area contributed by atoms with Crippen molar-refractivity contribution in [3.63, 3.8) is 0 Å². The molecule has 0 amide bonds. The van der Waals surface area contributed by atoms with Gasteiger partial charge in [-0.25, -0.2) is 0 Å². The van der Waals surface area contributed by atoms with E-state index in [9.17, 15) is 0 Å². The molecule has 11 heavy (non-hydrogen) atoms. The normalized spacial score (nSPS) is 23.3. The minimum Gasteiger partial charge on any atom is -0.282 e. The van der Waals surface area contributed by atoms with Gasteiger partial charge in [-0.05, 0) is 37.7 Å². The van der Waals surface area contributed by atoms with E-state index in [-0.39, 0.29) is 0 Å². The summed E-state index contributed by atoms with van der Waals surface area (Å²) >= 11 is 0. The van der Waals surface area contributed by atoms with Crippen molar-refractivity contribution in [3.8, 4) is 0 Å². The maximum absolute atomic E-state index is 4.28. The predicted molar refractivity (Wildman–Crippen MR) is 44.7 cm³/mol. The van der Waals surface area contributed by atoms with E-state index in [1.807, 2.05) is 0 Å². The van der Waals surface area contributed by atoms with Gasteiger partial charge in [-0.15, -0.1) is 0 Å². The van der Waals surface area contributed by atoms with E-state index in [0.29, 0.717) is 0 Å². The average Bonchev–Trinajstić information content (AvgIpc) is 2.34. The number of aromatic amines is 1. The van der Waals surface area contributed by atoms with Gasteiger partial charge in [0.05, 0.1) is 5.69 Å². The summed E-state index contributed by atoms with van der Waals surface area (Å²) in [6.45, 7) is 4.41. The molecule has 0 aliphatic heterocycles. The molecule has 0 fully saturated rings. The zero-order chi connectivity index (χ0) is 7.84. The molecule has 0 aromatic carbocycles. The largest absolute Gasteiger partial charge is 0.282 e. The van der Waals surface area contributed by atoms with Crippen LogP contribution in [0.3, 0.4) is 0 Å². The third-order valence-corrected chi connectivity index (χ3v) is 2.62. The van der Waals surface area contributed by atoms with Crippen LogP contribution in [-0.2, 0) is 6.42 Å². The first-order chi connectivity index (χ1) is 5.29. The fraction of sp³-hybridized carbons (Fsp3) is 0.667. The van der Waals surface area contributed by atoms with Crippen molar-refractivity contribution >= 4 is 0 Å². The second-order valence-corrected chi connectivity index (χ2v) is 3.50. The molecule has 2 heteroatoms. The van der Waals surface area contributed by atoms with Gasteiger partial charge in [0, 0.05) is 5.69 Å². The van der Waals surface area contributed by atoms with Gasteiger partial charge in [0.15, 0.2) is 0 Å². The van der Waals surface area contributed by atoms with Gasteiger partial charge in [-0.3, -0.25) is 5.10 Å². The monoisotopic (exact) mass is 150 g/mol. The van der Waals surface area contributed by atoms with Crippen molar-refractivity contribution in [2.45, 2.75) is 39.0 Å². The number of fused-ring (bicyclic) bond motifs is 1. The molecule has 0 saturated carbocycles. The molecule has 60 valence electrons. The molecular weight excluding hydrogens is 136 g/mol. The summed E-state index contributed by atoms with van der Waals surface area (Å²) in [5.74, 6) is 0.720. The Morgan fingerprint density at radius 1 is 1.55 bits per heavy atom. The highest BCUT2D eigenvalue weighted by molar-refractivity contribution is 5.29. The lowest BCUT2D eigenvalue weighted by Crippen LogP contribution is -2.05. The van der Waals surface area contributed by atoms with Crippen LogP contribution in [0.1, 0.15) is 42.6 Å². The molecule has 1 atom stereocenters. The zero-order valence-corrected chi connectivity index (χ0v) is 7.15. The Morgan fingerprint density at radius 2 is 2.36 bits per heavy atom. The minimum absolute atomic E-state index is 0.720. The molecule has 0 radical (unpaired) electrons.